The highest BCUT2D eigenvalue weighted by Crippen LogP contribution is 2.28. The Morgan fingerprint density at radius 3 is 2.42 bits per heavy atom. The van der Waals surface area contributed by atoms with E-state index in [4.69, 9.17) is 5.26 Å². The number of hydrogen-bond acceptors (Lipinski definition) is 3. The van der Waals surface area contributed by atoms with E-state index in [1.165, 1.54) is 0 Å². The lowest BCUT2D eigenvalue weighted by Gasteiger charge is -2.11. The molecule has 8 heteroatoms. The third-order valence-corrected chi connectivity index (χ3v) is 3.15. The number of alkyl halides is 3. The maximum absolute atomic E-state index is 12.6. The third kappa shape index (κ3) is 4.46. The fourth-order valence-corrected chi connectivity index (χ4v) is 1.98. The third-order valence-electron chi connectivity index (χ3n) is 3.15. The Hall–Kier alpha value is -3.08. The van der Waals surface area contributed by atoms with E-state index in [1.807, 2.05) is 6.07 Å². The van der Waals surface area contributed by atoms with E-state index in [9.17, 15) is 22.8 Å². The predicted molar refractivity (Wildman–Crippen MR) is 80.1 cm³/mol. The highest BCUT2D eigenvalue weighted by Gasteiger charge is 2.31. The Balaban J connectivity index is 2.10. The molecule has 0 saturated heterocycles. The number of rotatable bonds is 4. The van der Waals surface area contributed by atoms with E-state index in [2.05, 4.69) is 5.32 Å². The van der Waals surface area contributed by atoms with E-state index in [-0.39, 0.29) is 6.42 Å². The fraction of sp³-hybridized carbons (Fsp3) is 0.188. The molecule has 5 nitrogen and oxygen atoms in total. The average Bonchev–Trinajstić information content (AvgIpc) is 2.50. The minimum Gasteiger partial charge on any atom is -0.325 e. The summed E-state index contributed by atoms with van der Waals surface area (Å²) < 4.78 is 38.6. The van der Waals surface area contributed by atoms with Crippen LogP contribution in [0.2, 0.25) is 0 Å². The minimum absolute atomic E-state index is 0.230. The first-order chi connectivity index (χ1) is 11.3. The molecule has 1 N–H and O–H groups in total. The molecule has 0 aliphatic heterocycles. The van der Waals surface area contributed by atoms with Crippen LogP contribution in [0, 0.1) is 11.3 Å². The Bertz CT molecular complexity index is 833. The van der Waals surface area contributed by atoms with E-state index in [1.54, 1.807) is 24.3 Å². The number of amides is 1. The van der Waals surface area contributed by atoms with Crippen LogP contribution in [-0.4, -0.2) is 10.5 Å². The second-order valence-electron chi connectivity index (χ2n) is 4.96. The fourth-order valence-electron chi connectivity index (χ4n) is 1.98. The van der Waals surface area contributed by atoms with Gasteiger partial charge in [-0.3, -0.25) is 9.59 Å². The number of halogens is 3. The number of benzene rings is 1. The molecule has 0 radical (unpaired) electrons. The van der Waals surface area contributed by atoms with Crippen LogP contribution in [-0.2, 0) is 23.9 Å². The van der Waals surface area contributed by atoms with Gasteiger partial charge in [0.15, 0.2) is 0 Å². The summed E-state index contributed by atoms with van der Waals surface area (Å²) in [6.45, 7) is -0.539. The molecule has 2 rings (SSSR count). The summed E-state index contributed by atoms with van der Waals surface area (Å²) in [5.74, 6) is -0.635. The molecule has 0 bridgehead atoms. The number of nitriles is 1. The van der Waals surface area contributed by atoms with Crippen LogP contribution >= 0.6 is 0 Å². The molecule has 124 valence electrons. The summed E-state index contributed by atoms with van der Waals surface area (Å²) in [6.07, 6.45) is -3.76. The van der Waals surface area contributed by atoms with Crippen molar-refractivity contribution in [1.82, 2.24) is 4.57 Å². The van der Waals surface area contributed by atoms with E-state index in [0.29, 0.717) is 22.5 Å². The number of carbonyl (C=O) groups is 1. The lowest BCUT2D eigenvalue weighted by molar-refractivity contribution is -0.138. The summed E-state index contributed by atoms with van der Waals surface area (Å²) in [5.41, 5.74) is -0.524. The Morgan fingerprint density at radius 1 is 1.17 bits per heavy atom. The van der Waals surface area contributed by atoms with Gasteiger partial charge in [-0.05, 0) is 23.8 Å². The molecule has 1 heterocycles. The van der Waals surface area contributed by atoms with Crippen molar-refractivity contribution in [3.8, 4) is 6.07 Å². The van der Waals surface area contributed by atoms with E-state index >= 15 is 0 Å². The summed E-state index contributed by atoms with van der Waals surface area (Å²) in [4.78, 5) is 23.5. The second-order valence-corrected chi connectivity index (χ2v) is 4.96. The predicted octanol–water partition coefficient (Wildman–Crippen LogP) is 2.57. The normalized spacial score (nSPS) is 10.9. The summed E-state index contributed by atoms with van der Waals surface area (Å²) in [5, 5.41) is 11.1. The first-order valence-electron chi connectivity index (χ1n) is 6.83. The first-order valence-corrected chi connectivity index (χ1v) is 6.83. The second kappa shape index (κ2) is 7.00. The van der Waals surface area contributed by atoms with Gasteiger partial charge in [0.1, 0.15) is 6.54 Å². The van der Waals surface area contributed by atoms with Gasteiger partial charge in [0.05, 0.1) is 18.1 Å². The van der Waals surface area contributed by atoms with E-state index < -0.39 is 29.8 Å². The number of anilines is 1. The standard InChI is InChI=1S/C16H12F3N3O2/c17-16(18,19)12-3-6-15(24)22(9-12)10-14(23)21-13-4-1-11(2-5-13)7-8-20/h1-6,9H,7,10H2,(H,21,23). The Labute approximate surface area is 135 Å². The van der Waals surface area contributed by atoms with Gasteiger partial charge in [-0.1, -0.05) is 12.1 Å². The Kier molecular flexibility index (Phi) is 5.04. The van der Waals surface area contributed by atoms with Crippen LogP contribution in [0.3, 0.4) is 0 Å². The molecule has 24 heavy (non-hydrogen) atoms. The number of hydrogen-bond donors (Lipinski definition) is 1. The van der Waals surface area contributed by atoms with Gasteiger partial charge in [-0.15, -0.1) is 0 Å². The van der Waals surface area contributed by atoms with Crippen LogP contribution < -0.4 is 10.9 Å². The molecule has 0 spiro atoms. The number of aromatic nitrogens is 1. The van der Waals surface area contributed by atoms with Crippen molar-refractivity contribution in [2.75, 3.05) is 5.32 Å². The first kappa shape index (κ1) is 17.3. The largest absolute Gasteiger partial charge is 0.417 e. The Morgan fingerprint density at radius 2 is 1.83 bits per heavy atom. The van der Waals surface area contributed by atoms with Crippen molar-refractivity contribution in [3.05, 3.63) is 64.1 Å². The number of nitrogens with zero attached hydrogens (tertiary/aromatic N) is 2. The van der Waals surface area contributed by atoms with Crippen LogP contribution in [0.25, 0.3) is 0 Å². The maximum atomic E-state index is 12.6. The molecule has 1 aromatic heterocycles. The van der Waals surface area contributed by atoms with Crippen molar-refractivity contribution >= 4 is 11.6 Å². The molecule has 0 saturated carbocycles. The lowest BCUT2D eigenvalue weighted by atomic mass is 10.1. The van der Waals surface area contributed by atoms with Crippen molar-refractivity contribution in [2.24, 2.45) is 0 Å². The molecule has 0 fully saturated rings. The SMILES string of the molecule is N#CCc1ccc(NC(=O)Cn2cc(C(F)(F)F)ccc2=O)cc1. The molecular formula is C16H12F3N3O2. The van der Waals surface area contributed by atoms with Crippen molar-refractivity contribution in [2.45, 2.75) is 19.1 Å². The van der Waals surface area contributed by atoms with Gasteiger partial charge in [-0.2, -0.15) is 18.4 Å². The summed E-state index contributed by atoms with van der Waals surface area (Å²) >= 11 is 0. The number of nitrogens with one attached hydrogen (secondary N) is 1. The van der Waals surface area contributed by atoms with Crippen molar-refractivity contribution in [1.29, 1.82) is 5.26 Å². The number of carbonyl (C=O) groups excluding carboxylic acids is 1. The highest BCUT2D eigenvalue weighted by atomic mass is 19.4. The lowest BCUT2D eigenvalue weighted by Crippen LogP contribution is -2.28. The zero-order valence-electron chi connectivity index (χ0n) is 12.3. The number of pyridine rings is 1. The van der Waals surface area contributed by atoms with Crippen LogP contribution in [0.4, 0.5) is 18.9 Å². The molecule has 1 amide bonds. The van der Waals surface area contributed by atoms with Crippen molar-refractivity contribution in [3.63, 3.8) is 0 Å². The maximum Gasteiger partial charge on any atom is 0.417 e. The smallest absolute Gasteiger partial charge is 0.325 e. The topological polar surface area (TPSA) is 74.9 Å². The molecule has 2 aromatic rings. The zero-order chi connectivity index (χ0) is 17.7. The monoisotopic (exact) mass is 335 g/mol. The van der Waals surface area contributed by atoms with Crippen LogP contribution in [0.5, 0.6) is 0 Å². The quantitative estimate of drug-likeness (QED) is 0.933. The molecule has 0 unspecified atom stereocenters. The average molecular weight is 335 g/mol. The molecule has 0 atom stereocenters. The van der Waals surface area contributed by atoms with Gasteiger partial charge in [0.25, 0.3) is 5.56 Å². The van der Waals surface area contributed by atoms with Gasteiger partial charge in [0, 0.05) is 18.0 Å². The van der Waals surface area contributed by atoms with Crippen LogP contribution in [0.15, 0.2) is 47.4 Å². The summed E-state index contributed by atoms with van der Waals surface area (Å²) in [7, 11) is 0. The molecular weight excluding hydrogens is 323 g/mol. The van der Waals surface area contributed by atoms with Gasteiger partial charge >= 0.3 is 6.18 Å². The molecule has 1 aromatic carbocycles. The molecule has 0 aliphatic rings. The van der Waals surface area contributed by atoms with Gasteiger partial charge < -0.3 is 9.88 Å². The van der Waals surface area contributed by atoms with Crippen molar-refractivity contribution < 1.29 is 18.0 Å². The highest BCUT2D eigenvalue weighted by molar-refractivity contribution is 5.90. The molecule has 0 aliphatic carbocycles. The van der Waals surface area contributed by atoms with Gasteiger partial charge in [0.2, 0.25) is 5.91 Å². The van der Waals surface area contributed by atoms with E-state index in [0.717, 1.165) is 11.6 Å². The summed E-state index contributed by atoms with van der Waals surface area (Å²) in [6, 6.07) is 9.86. The zero-order valence-corrected chi connectivity index (χ0v) is 12.3. The van der Waals surface area contributed by atoms with Gasteiger partial charge in [-0.25, -0.2) is 0 Å². The van der Waals surface area contributed by atoms with Crippen LogP contribution in [0.1, 0.15) is 11.1 Å². The minimum atomic E-state index is -4.59.